The van der Waals surface area contributed by atoms with Crippen LogP contribution in [0.2, 0.25) is 0 Å². The van der Waals surface area contributed by atoms with Crippen LogP contribution >= 0.6 is 0 Å². The Morgan fingerprint density at radius 1 is 1.53 bits per heavy atom. The molecule has 0 spiro atoms. The topological polar surface area (TPSA) is 75.8 Å². The maximum atomic E-state index is 12.5. The number of ether oxygens (including phenoxy) is 1. The predicted octanol–water partition coefficient (Wildman–Crippen LogP) is 0.799. The lowest BCUT2D eigenvalue weighted by Crippen LogP contribution is -2.52. The molecule has 1 fully saturated rings. The Morgan fingerprint density at radius 2 is 2.26 bits per heavy atom. The number of aliphatic hydroxyl groups is 1. The normalized spacial score (nSPS) is 23.4. The van der Waals surface area contributed by atoms with E-state index in [-0.39, 0.29) is 24.7 Å². The van der Waals surface area contributed by atoms with Gasteiger partial charge in [0.1, 0.15) is 0 Å². The van der Waals surface area contributed by atoms with Gasteiger partial charge in [-0.15, -0.1) is 0 Å². The van der Waals surface area contributed by atoms with Crippen molar-refractivity contribution >= 4 is 11.6 Å². The summed E-state index contributed by atoms with van der Waals surface area (Å²) in [7, 11) is 0. The number of benzene rings is 1. The van der Waals surface area contributed by atoms with Crippen LogP contribution in [-0.2, 0) is 4.74 Å². The Hall–Kier alpha value is -1.59. The average Bonchev–Trinajstić information content (AvgIpc) is 2.37. The Kier molecular flexibility index (Phi) is 4.07. The predicted molar refractivity (Wildman–Crippen MR) is 72.9 cm³/mol. The van der Waals surface area contributed by atoms with Gasteiger partial charge in [0.2, 0.25) is 0 Å². The first-order chi connectivity index (χ1) is 9.01. The van der Waals surface area contributed by atoms with E-state index in [0.29, 0.717) is 24.4 Å². The highest BCUT2D eigenvalue weighted by atomic mass is 16.5. The summed E-state index contributed by atoms with van der Waals surface area (Å²) in [6.07, 6.45) is -0.303. The highest BCUT2D eigenvalue weighted by Gasteiger charge is 2.29. The smallest absolute Gasteiger partial charge is 0.254 e. The van der Waals surface area contributed by atoms with E-state index in [1.807, 2.05) is 26.0 Å². The zero-order chi connectivity index (χ0) is 14.0. The van der Waals surface area contributed by atoms with Crippen molar-refractivity contribution in [1.29, 1.82) is 0 Å². The number of carbonyl (C=O) groups is 1. The molecule has 0 aliphatic carbocycles. The van der Waals surface area contributed by atoms with E-state index in [1.165, 1.54) is 0 Å². The van der Waals surface area contributed by atoms with E-state index in [1.54, 1.807) is 11.0 Å². The number of nitrogens with two attached hydrogens (primary N) is 1. The molecule has 1 aliphatic heterocycles. The molecule has 2 rings (SSSR count). The Morgan fingerprint density at radius 3 is 2.89 bits per heavy atom. The molecule has 0 radical (unpaired) electrons. The standard InChI is InChI=1S/C14H20N2O3/c1-9-3-11(5-12(15)4-9)14(18)16-6-13(7-17)19-8-10(16)2/h3-5,10,13,17H,6-8,15H2,1-2H3. The monoisotopic (exact) mass is 264 g/mol. The molecule has 1 aromatic carbocycles. The number of hydrogen-bond donors (Lipinski definition) is 2. The van der Waals surface area contributed by atoms with E-state index in [9.17, 15) is 4.79 Å². The largest absolute Gasteiger partial charge is 0.399 e. The third kappa shape index (κ3) is 3.05. The van der Waals surface area contributed by atoms with Gasteiger partial charge >= 0.3 is 0 Å². The number of anilines is 1. The lowest BCUT2D eigenvalue weighted by Gasteiger charge is -2.37. The molecule has 5 heteroatoms. The fourth-order valence-electron chi connectivity index (χ4n) is 2.31. The third-order valence-electron chi connectivity index (χ3n) is 3.32. The third-order valence-corrected chi connectivity index (χ3v) is 3.32. The molecule has 0 saturated carbocycles. The molecular formula is C14H20N2O3. The van der Waals surface area contributed by atoms with Gasteiger partial charge in [0.15, 0.2) is 0 Å². The maximum absolute atomic E-state index is 12.5. The first-order valence-electron chi connectivity index (χ1n) is 6.42. The summed E-state index contributed by atoms with van der Waals surface area (Å²) < 4.78 is 5.43. The summed E-state index contributed by atoms with van der Waals surface area (Å²) >= 11 is 0. The van der Waals surface area contributed by atoms with Crippen molar-refractivity contribution in [1.82, 2.24) is 4.90 Å². The van der Waals surface area contributed by atoms with Crippen molar-refractivity contribution in [2.24, 2.45) is 0 Å². The van der Waals surface area contributed by atoms with E-state index in [2.05, 4.69) is 0 Å². The Labute approximate surface area is 113 Å². The fraction of sp³-hybridized carbons (Fsp3) is 0.500. The Balaban J connectivity index is 2.21. The lowest BCUT2D eigenvalue weighted by atomic mass is 10.1. The first kappa shape index (κ1) is 13.8. The van der Waals surface area contributed by atoms with Crippen LogP contribution in [0, 0.1) is 6.92 Å². The minimum atomic E-state index is -0.303. The van der Waals surface area contributed by atoms with Gasteiger partial charge in [0, 0.05) is 17.8 Å². The van der Waals surface area contributed by atoms with E-state index in [0.717, 1.165) is 5.56 Å². The van der Waals surface area contributed by atoms with E-state index >= 15 is 0 Å². The average molecular weight is 264 g/mol. The highest BCUT2D eigenvalue weighted by molar-refractivity contribution is 5.95. The van der Waals surface area contributed by atoms with Gasteiger partial charge in [-0.2, -0.15) is 0 Å². The van der Waals surface area contributed by atoms with Gasteiger partial charge in [0.05, 0.1) is 25.4 Å². The molecule has 3 N–H and O–H groups in total. The van der Waals surface area contributed by atoms with Crippen molar-refractivity contribution in [2.45, 2.75) is 26.0 Å². The number of aryl methyl sites for hydroxylation is 1. The summed E-state index contributed by atoms with van der Waals surface area (Å²) in [6.45, 7) is 4.62. The molecule has 1 aliphatic rings. The molecule has 5 nitrogen and oxygen atoms in total. The minimum Gasteiger partial charge on any atom is -0.399 e. The summed E-state index contributed by atoms with van der Waals surface area (Å²) in [5.41, 5.74) is 7.91. The molecule has 2 atom stereocenters. The second-order valence-electron chi connectivity index (χ2n) is 5.08. The van der Waals surface area contributed by atoms with Crippen LogP contribution in [0.25, 0.3) is 0 Å². The molecule has 19 heavy (non-hydrogen) atoms. The van der Waals surface area contributed by atoms with Gasteiger partial charge in [0.25, 0.3) is 5.91 Å². The number of rotatable bonds is 2. The highest BCUT2D eigenvalue weighted by Crippen LogP contribution is 2.18. The maximum Gasteiger partial charge on any atom is 0.254 e. The number of amides is 1. The zero-order valence-corrected chi connectivity index (χ0v) is 11.3. The molecule has 0 bridgehead atoms. The molecule has 1 heterocycles. The molecular weight excluding hydrogens is 244 g/mol. The minimum absolute atomic E-state index is 0.00274. The number of morpholine rings is 1. The van der Waals surface area contributed by atoms with Crippen molar-refractivity contribution in [2.75, 3.05) is 25.5 Å². The van der Waals surface area contributed by atoms with Crippen LogP contribution < -0.4 is 5.73 Å². The van der Waals surface area contributed by atoms with Crippen LogP contribution in [0.1, 0.15) is 22.8 Å². The number of hydrogen-bond acceptors (Lipinski definition) is 4. The summed E-state index contributed by atoms with van der Waals surface area (Å²) in [4.78, 5) is 14.2. The number of nitrogen functional groups attached to an aromatic ring is 1. The fourth-order valence-corrected chi connectivity index (χ4v) is 2.31. The van der Waals surface area contributed by atoms with Gasteiger partial charge in [-0.3, -0.25) is 4.79 Å². The van der Waals surface area contributed by atoms with Crippen LogP contribution in [0.5, 0.6) is 0 Å². The molecule has 0 aromatic heterocycles. The van der Waals surface area contributed by atoms with Crippen LogP contribution in [0.4, 0.5) is 5.69 Å². The van der Waals surface area contributed by atoms with Gasteiger partial charge in [-0.1, -0.05) is 0 Å². The summed E-state index contributed by atoms with van der Waals surface area (Å²) in [5, 5.41) is 9.15. The molecule has 2 unspecified atom stereocenters. The molecule has 104 valence electrons. The van der Waals surface area contributed by atoms with Crippen molar-refractivity contribution in [3.05, 3.63) is 29.3 Å². The van der Waals surface area contributed by atoms with Gasteiger partial charge in [-0.25, -0.2) is 0 Å². The quantitative estimate of drug-likeness (QED) is 0.775. The van der Waals surface area contributed by atoms with Crippen LogP contribution in [0.3, 0.4) is 0 Å². The zero-order valence-electron chi connectivity index (χ0n) is 11.3. The van der Waals surface area contributed by atoms with Crippen molar-refractivity contribution in [3.63, 3.8) is 0 Å². The second-order valence-corrected chi connectivity index (χ2v) is 5.08. The SMILES string of the molecule is Cc1cc(N)cc(C(=O)N2CC(CO)OCC2C)c1. The van der Waals surface area contributed by atoms with Gasteiger partial charge < -0.3 is 20.5 Å². The van der Waals surface area contributed by atoms with E-state index in [4.69, 9.17) is 15.6 Å². The molecule has 1 amide bonds. The Bertz CT molecular complexity index is 456. The molecule has 1 aromatic rings. The van der Waals surface area contributed by atoms with Crippen LogP contribution in [0.15, 0.2) is 18.2 Å². The summed E-state index contributed by atoms with van der Waals surface area (Å²) in [6, 6.07) is 5.34. The van der Waals surface area contributed by atoms with Crippen LogP contribution in [-0.4, -0.2) is 47.8 Å². The second kappa shape index (κ2) is 5.59. The van der Waals surface area contributed by atoms with Crippen molar-refractivity contribution < 1.29 is 14.6 Å². The number of aliphatic hydroxyl groups excluding tert-OH is 1. The first-order valence-corrected chi connectivity index (χ1v) is 6.42. The lowest BCUT2D eigenvalue weighted by molar-refractivity contribution is -0.0667. The number of nitrogens with zero attached hydrogens (tertiary/aromatic N) is 1. The summed E-state index contributed by atoms with van der Waals surface area (Å²) in [5.74, 6) is -0.0651. The number of carbonyl (C=O) groups excluding carboxylic acids is 1. The van der Waals surface area contributed by atoms with E-state index < -0.39 is 0 Å². The van der Waals surface area contributed by atoms with Gasteiger partial charge in [-0.05, 0) is 37.6 Å². The molecule has 1 saturated heterocycles. The van der Waals surface area contributed by atoms with Crippen molar-refractivity contribution in [3.8, 4) is 0 Å².